The van der Waals surface area contributed by atoms with Gasteiger partial charge in [0.1, 0.15) is 0 Å². The molecule has 0 aliphatic carbocycles. The van der Waals surface area contributed by atoms with Crippen LogP contribution in [0.15, 0.2) is 38.5 Å². The minimum absolute atomic E-state index is 0.0627. The second kappa shape index (κ2) is 8.08. The van der Waals surface area contributed by atoms with E-state index in [4.69, 9.17) is 5.73 Å². The van der Waals surface area contributed by atoms with Gasteiger partial charge in [-0.1, -0.05) is 46.6 Å². The molecule has 3 aromatic rings. The van der Waals surface area contributed by atoms with E-state index in [0.717, 1.165) is 16.5 Å². The van der Waals surface area contributed by atoms with Crippen LogP contribution in [0.2, 0.25) is 0 Å². The molecule has 0 aliphatic rings. The minimum atomic E-state index is -0.478. The predicted octanol–water partition coefficient (Wildman–Crippen LogP) is 2.10. The highest BCUT2D eigenvalue weighted by molar-refractivity contribution is 9.10. The molecule has 0 spiro atoms. The molecule has 1 amide bonds. The number of amides is 1. The van der Waals surface area contributed by atoms with E-state index >= 15 is 0 Å². The molecule has 0 atom stereocenters. The standard InChI is InChI=1S/C16H17BrN8O2/c1-3-5-12-13(20-24-25(12)15-14(18)22-27-23-15)16(26)21-19-9(2)10-6-4-7-11(17)8-10/h4,6-8H,3,5H2,1-2H3,(H2,18,22)(H,21,26)/b19-9+. The summed E-state index contributed by atoms with van der Waals surface area (Å²) in [6.07, 6.45) is 1.30. The fourth-order valence-electron chi connectivity index (χ4n) is 2.41. The molecular formula is C16H17BrN8O2. The molecule has 0 saturated carbocycles. The maximum atomic E-state index is 12.6. The minimum Gasteiger partial charge on any atom is -0.378 e. The smallest absolute Gasteiger partial charge is 0.293 e. The predicted molar refractivity (Wildman–Crippen MR) is 101 cm³/mol. The van der Waals surface area contributed by atoms with Crippen molar-refractivity contribution < 1.29 is 9.42 Å². The average Bonchev–Trinajstić information content (AvgIpc) is 3.25. The number of benzene rings is 1. The zero-order valence-corrected chi connectivity index (χ0v) is 16.3. The Balaban J connectivity index is 1.85. The van der Waals surface area contributed by atoms with E-state index < -0.39 is 5.91 Å². The summed E-state index contributed by atoms with van der Waals surface area (Å²) in [5, 5.41) is 19.3. The summed E-state index contributed by atoms with van der Waals surface area (Å²) in [5.41, 5.74) is 10.5. The van der Waals surface area contributed by atoms with Crippen molar-refractivity contribution in [3.8, 4) is 5.82 Å². The molecule has 11 heteroatoms. The maximum absolute atomic E-state index is 12.6. The summed E-state index contributed by atoms with van der Waals surface area (Å²) in [5.74, 6) is -0.222. The van der Waals surface area contributed by atoms with E-state index in [-0.39, 0.29) is 17.3 Å². The number of hydrazone groups is 1. The van der Waals surface area contributed by atoms with Gasteiger partial charge in [-0.2, -0.15) is 9.78 Å². The van der Waals surface area contributed by atoms with E-state index in [9.17, 15) is 4.79 Å². The molecule has 0 bridgehead atoms. The summed E-state index contributed by atoms with van der Waals surface area (Å²) in [4.78, 5) is 12.6. The third-order valence-electron chi connectivity index (χ3n) is 3.73. The molecule has 0 radical (unpaired) electrons. The number of carbonyl (C=O) groups is 1. The summed E-state index contributed by atoms with van der Waals surface area (Å²) in [6.45, 7) is 3.77. The molecule has 0 saturated heterocycles. The molecule has 1 aromatic carbocycles. The van der Waals surface area contributed by atoms with Crippen molar-refractivity contribution in [1.82, 2.24) is 30.7 Å². The molecule has 0 fully saturated rings. The van der Waals surface area contributed by atoms with Crippen molar-refractivity contribution in [2.75, 3.05) is 5.73 Å². The SMILES string of the molecule is CCCc1c(C(=O)N/N=C(\C)c2cccc(Br)c2)nnn1-c1nonc1N. The van der Waals surface area contributed by atoms with Crippen LogP contribution in [0.4, 0.5) is 5.82 Å². The Kier molecular flexibility index (Phi) is 5.60. The van der Waals surface area contributed by atoms with Gasteiger partial charge < -0.3 is 5.73 Å². The molecule has 3 rings (SSSR count). The maximum Gasteiger partial charge on any atom is 0.293 e. The van der Waals surface area contributed by atoms with Gasteiger partial charge in [-0.25, -0.2) is 10.1 Å². The molecule has 0 unspecified atom stereocenters. The van der Waals surface area contributed by atoms with Gasteiger partial charge in [-0.3, -0.25) is 4.79 Å². The summed E-state index contributed by atoms with van der Waals surface area (Å²) in [6, 6.07) is 7.61. The van der Waals surface area contributed by atoms with E-state index in [2.05, 4.69) is 51.7 Å². The fraction of sp³-hybridized carbons (Fsp3) is 0.250. The first-order valence-corrected chi connectivity index (χ1v) is 8.94. The van der Waals surface area contributed by atoms with Gasteiger partial charge in [-0.15, -0.1) is 5.10 Å². The Morgan fingerprint density at radius 1 is 1.41 bits per heavy atom. The number of nitrogen functional groups attached to an aromatic ring is 1. The van der Waals surface area contributed by atoms with Crippen molar-refractivity contribution in [3.63, 3.8) is 0 Å². The van der Waals surface area contributed by atoms with Crippen molar-refractivity contribution in [2.24, 2.45) is 5.10 Å². The van der Waals surface area contributed by atoms with E-state index in [1.54, 1.807) is 6.92 Å². The molecular weight excluding hydrogens is 416 g/mol. The quantitative estimate of drug-likeness (QED) is 0.449. The van der Waals surface area contributed by atoms with Crippen LogP contribution in [0.3, 0.4) is 0 Å². The number of nitrogens with two attached hydrogens (primary N) is 1. The van der Waals surface area contributed by atoms with Gasteiger partial charge in [0.15, 0.2) is 5.69 Å². The number of hydrogen-bond acceptors (Lipinski definition) is 8. The highest BCUT2D eigenvalue weighted by Crippen LogP contribution is 2.17. The molecule has 10 nitrogen and oxygen atoms in total. The van der Waals surface area contributed by atoms with Crippen molar-refractivity contribution in [2.45, 2.75) is 26.7 Å². The van der Waals surface area contributed by atoms with Crippen LogP contribution >= 0.6 is 15.9 Å². The van der Waals surface area contributed by atoms with Gasteiger partial charge in [0, 0.05) is 4.47 Å². The van der Waals surface area contributed by atoms with Crippen LogP contribution in [0.25, 0.3) is 5.82 Å². The van der Waals surface area contributed by atoms with Gasteiger partial charge in [0.05, 0.1) is 11.4 Å². The van der Waals surface area contributed by atoms with E-state index in [0.29, 0.717) is 17.8 Å². The first-order valence-electron chi connectivity index (χ1n) is 8.14. The second-order valence-corrected chi connectivity index (χ2v) is 6.58. The molecule has 27 heavy (non-hydrogen) atoms. The summed E-state index contributed by atoms with van der Waals surface area (Å²) >= 11 is 3.41. The topological polar surface area (TPSA) is 137 Å². The number of nitrogens with one attached hydrogen (secondary N) is 1. The van der Waals surface area contributed by atoms with Crippen LogP contribution in [0.5, 0.6) is 0 Å². The third-order valence-corrected chi connectivity index (χ3v) is 4.22. The largest absolute Gasteiger partial charge is 0.378 e. The van der Waals surface area contributed by atoms with E-state index in [1.807, 2.05) is 31.2 Å². The highest BCUT2D eigenvalue weighted by atomic mass is 79.9. The lowest BCUT2D eigenvalue weighted by Crippen LogP contribution is -2.21. The monoisotopic (exact) mass is 432 g/mol. The lowest BCUT2D eigenvalue weighted by Gasteiger charge is -2.05. The molecule has 140 valence electrons. The Labute approximate surface area is 162 Å². The van der Waals surface area contributed by atoms with Crippen molar-refractivity contribution >= 4 is 33.4 Å². The number of halogens is 1. The van der Waals surface area contributed by atoms with Crippen LogP contribution in [0.1, 0.15) is 42.0 Å². The zero-order valence-electron chi connectivity index (χ0n) is 14.7. The zero-order chi connectivity index (χ0) is 19.4. The third kappa shape index (κ3) is 4.03. The second-order valence-electron chi connectivity index (χ2n) is 5.67. The average molecular weight is 433 g/mol. The number of aromatic nitrogens is 5. The number of hydrogen-bond donors (Lipinski definition) is 2. The van der Waals surface area contributed by atoms with Gasteiger partial charge >= 0.3 is 0 Å². The molecule has 3 N–H and O–H groups in total. The van der Waals surface area contributed by atoms with Gasteiger partial charge in [0.25, 0.3) is 5.91 Å². The lowest BCUT2D eigenvalue weighted by molar-refractivity contribution is 0.0948. The Hall–Kier alpha value is -3.08. The van der Waals surface area contributed by atoms with Crippen LogP contribution in [-0.2, 0) is 6.42 Å². The molecule has 0 aliphatic heterocycles. The summed E-state index contributed by atoms with van der Waals surface area (Å²) in [7, 11) is 0. The van der Waals surface area contributed by atoms with Crippen LogP contribution in [-0.4, -0.2) is 36.9 Å². The number of anilines is 1. The first kappa shape index (κ1) is 18.7. The Morgan fingerprint density at radius 2 is 2.22 bits per heavy atom. The fourth-order valence-corrected chi connectivity index (χ4v) is 2.81. The van der Waals surface area contributed by atoms with E-state index in [1.165, 1.54) is 4.68 Å². The molecule has 2 aromatic heterocycles. The summed E-state index contributed by atoms with van der Waals surface area (Å²) < 4.78 is 6.88. The molecule has 2 heterocycles. The van der Waals surface area contributed by atoms with Crippen LogP contribution < -0.4 is 11.2 Å². The van der Waals surface area contributed by atoms with Gasteiger partial charge in [0.2, 0.25) is 11.6 Å². The first-order chi connectivity index (χ1) is 13.0. The number of nitrogens with zero attached hydrogens (tertiary/aromatic N) is 6. The van der Waals surface area contributed by atoms with Crippen molar-refractivity contribution in [3.05, 3.63) is 45.7 Å². The van der Waals surface area contributed by atoms with Gasteiger partial charge in [-0.05, 0) is 41.4 Å². The number of carbonyl (C=O) groups excluding carboxylic acids is 1. The normalized spacial score (nSPS) is 11.6. The van der Waals surface area contributed by atoms with Crippen molar-refractivity contribution in [1.29, 1.82) is 0 Å². The highest BCUT2D eigenvalue weighted by Gasteiger charge is 2.23. The lowest BCUT2D eigenvalue weighted by atomic mass is 10.1. The Bertz CT molecular complexity index is 994. The number of rotatable bonds is 6. The Morgan fingerprint density at radius 3 is 2.89 bits per heavy atom. The van der Waals surface area contributed by atoms with Crippen LogP contribution in [0, 0.1) is 0 Å².